The smallest absolute Gasteiger partial charge is 0.139 e. The summed E-state index contributed by atoms with van der Waals surface area (Å²) in [5.74, 6) is -0.136. The fourth-order valence-electron chi connectivity index (χ4n) is 0.875. The number of alkyl halides is 1. The van der Waals surface area contributed by atoms with E-state index in [0.717, 1.165) is 6.33 Å². The van der Waals surface area contributed by atoms with Gasteiger partial charge in [-0.05, 0) is 0 Å². The molecular formula is C7H7Cl3N2O2. The largest absolute Gasteiger partial charge is 0.389 e. The molecule has 4 nitrogen and oxygen atoms in total. The lowest BCUT2D eigenvalue weighted by Crippen LogP contribution is -2.21. The van der Waals surface area contributed by atoms with E-state index in [4.69, 9.17) is 34.8 Å². The molecule has 0 fully saturated rings. The summed E-state index contributed by atoms with van der Waals surface area (Å²) in [6, 6.07) is 0. The molecule has 7 heteroatoms. The zero-order valence-corrected chi connectivity index (χ0v) is 9.13. The van der Waals surface area contributed by atoms with Crippen LogP contribution in [0.1, 0.15) is 11.7 Å². The first-order valence-corrected chi connectivity index (χ1v) is 4.95. The first kappa shape index (κ1) is 11.9. The average molecular weight is 258 g/mol. The van der Waals surface area contributed by atoms with Crippen molar-refractivity contribution in [3.8, 4) is 0 Å². The lowest BCUT2D eigenvalue weighted by atomic mass is 10.1. The Morgan fingerprint density at radius 3 is 2.14 bits per heavy atom. The predicted octanol–water partition coefficient (Wildman–Crippen LogP) is 1.42. The van der Waals surface area contributed by atoms with E-state index in [-0.39, 0.29) is 21.7 Å². The average Bonchev–Trinajstić information content (AvgIpc) is 2.16. The van der Waals surface area contributed by atoms with Crippen LogP contribution in [0.15, 0.2) is 6.33 Å². The van der Waals surface area contributed by atoms with E-state index in [1.54, 1.807) is 0 Å². The highest BCUT2D eigenvalue weighted by molar-refractivity contribution is 6.34. The molecule has 0 saturated carbocycles. The Morgan fingerprint density at radius 1 is 1.21 bits per heavy atom. The number of aliphatic hydroxyl groups is 2. The maximum absolute atomic E-state index is 9.57. The Bertz CT molecular complexity index is 304. The third kappa shape index (κ3) is 2.46. The van der Waals surface area contributed by atoms with E-state index in [1.807, 2.05) is 0 Å². The van der Waals surface area contributed by atoms with Crippen molar-refractivity contribution in [2.75, 3.05) is 5.88 Å². The zero-order chi connectivity index (χ0) is 10.7. The van der Waals surface area contributed by atoms with Gasteiger partial charge in [-0.2, -0.15) is 0 Å². The third-order valence-electron chi connectivity index (χ3n) is 1.60. The first-order valence-electron chi connectivity index (χ1n) is 3.66. The van der Waals surface area contributed by atoms with Crippen LogP contribution in [0.25, 0.3) is 0 Å². The van der Waals surface area contributed by atoms with Crippen molar-refractivity contribution in [1.82, 2.24) is 9.97 Å². The van der Waals surface area contributed by atoms with Crippen molar-refractivity contribution < 1.29 is 10.2 Å². The SMILES string of the molecule is OC(CCl)C(O)c1c(Cl)ncnc1Cl. The number of aliphatic hydroxyl groups excluding tert-OH is 2. The van der Waals surface area contributed by atoms with Gasteiger partial charge in [0.05, 0.1) is 17.5 Å². The Balaban J connectivity index is 3.05. The topological polar surface area (TPSA) is 66.2 Å². The molecule has 0 bridgehead atoms. The molecule has 1 aromatic heterocycles. The first-order chi connectivity index (χ1) is 6.57. The number of hydrogen-bond donors (Lipinski definition) is 2. The predicted molar refractivity (Wildman–Crippen MR) is 53.7 cm³/mol. The quantitative estimate of drug-likeness (QED) is 0.635. The van der Waals surface area contributed by atoms with Crippen LogP contribution in [-0.4, -0.2) is 32.2 Å². The van der Waals surface area contributed by atoms with Gasteiger partial charge in [0.25, 0.3) is 0 Å². The molecule has 0 aromatic carbocycles. The minimum atomic E-state index is -1.28. The Hall–Kier alpha value is -0.130. The van der Waals surface area contributed by atoms with Gasteiger partial charge >= 0.3 is 0 Å². The number of aromatic nitrogens is 2. The zero-order valence-electron chi connectivity index (χ0n) is 6.86. The van der Waals surface area contributed by atoms with Crippen LogP contribution in [0.4, 0.5) is 0 Å². The van der Waals surface area contributed by atoms with Crippen LogP contribution in [0, 0.1) is 0 Å². The summed E-state index contributed by atoms with van der Waals surface area (Å²) in [6.07, 6.45) is -1.28. The van der Waals surface area contributed by atoms with Gasteiger partial charge in [0, 0.05) is 0 Å². The highest BCUT2D eigenvalue weighted by Crippen LogP contribution is 2.29. The monoisotopic (exact) mass is 256 g/mol. The summed E-state index contributed by atoms with van der Waals surface area (Å²) in [5.41, 5.74) is 0.0870. The fraction of sp³-hybridized carbons (Fsp3) is 0.429. The van der Waals surface area contributed by atoms with Crippen LogP contribution in [-0.2, 0) is 0 Å². The van der Waals surface area contributed by atoms with E-state index in [0.29, 0.717) is 0 Å². The lowest BCUT2D eigenvalue weighted by Gasteiger charge is -2.16. The lowest BCUT2D eigenvalue weighted by molar-refractivity contribution is 0.0324. The third-order valence-corrected chi connectivity index (χ3v) is 2.52. The second-order valence-corrected chi connectivity index (χ2v) is 3.56. The number of hydrogen-bond acceptors (Lipinski definition) is 4. The molecule has 1 heterocycles. The number of halogens is 3. The van der Waals surface area contributed by atoms with Gasteiger partial charge in [-0.15, -0.1) is 11.6 Å². The van der Waals surface area contributed by atoms with Crippen molar-refractivity contribution in [3.05, 3.63) is 22.2 Å². The number of rotatable bonds is 3. The molecule has 14 heavy (non-hydrogen) atoms. The second-order valence-electron chi connectivity index (χ2n) is 2.54. The van der Waals surface area contributed by atoms with Crippen molar-refractivity contribution in [1.29, 1.82) is 0 Å². The molecule has 1 rings (SSSR count). The number of nitrogens with zero attached hydrogens (tertiary/aromatic N) is 2. The highest BCUT2D eigenvalue weighted by Gasteiger charge is 2.23. The van der Waals surface area contributed by atoms with Gasteiger partial charge in [0.15, 0.2) is 0 Å². The van der Waals surface area contributed by atoms with Gasteiger partial charge in [-0.3, -0.25) is 0 Å². The normalized spacial score (nSPS) is 15.2. The molecular weight excluding hydrogens is 250 g/mol. The Morgan fingerprint density at radius 2 is 1.71 bits per heavy atom. The molecule has 0 saturated heterocycles. The van der Waals surface area contributed by atoms with Gasteiger partial charge in [0.2, 0.25) is 0 Å². The van der Waals surface area contributed by atoms with Crippen LogP contribution >= 0.6 is 34.8 Å². The minimum Gasteiger partial charge on any atom is -0.389 e. The summed E-state index contributed by atoms with van der Waals surface area (Å²) < 4.78 is 0. The van der Waals surface area contributed by atoms with E-state index in [2.05, 4.69) is 9.97 Å². The Labute approximate surface area is 95.5 Å². The van der Waals surface area contributed by atoms with Crippen molar-refractivity contribution >= 4 is 34.8 Å². The van der Waals surface area contributed by atoms with E-state index >= 15 is 0 Å². The van der Waals surface area contributed by atoms with Gasteiger partial charge < -0.3 is 10.2 Å². The van der Waals surface area contributed by atoms with Crippen LogP contribution < -0.4 is 0 Å². The van der Waals surface area contributed by atoms with Crippen LogP contribution in [0.2, 0.25) is 10.3 Å². The summed E-state index contributed by atoms with van der Waals surface area (Å²) >= 11 is 16.7. The van der Waals surface area contributed by atoms with Gasteiger partial charge in [-0.25, -0.2) is 9.97 Å². The molecule has 2 N–H and O–H groups in total. The molecule has 0 spiro atoms. The minimum absolute atomic E-state index is 0.00154. The van der Waals surface area contributed by atoms with Gasteiger partial charge in [0.1, 0.15) is 22.7 Å². The summed E-state index contributed by atoms with van der Waals surface area (Å²) in [5, 5.41) is 18.8. The fourth-order valence-corrected chi connectivity index (χ4v) is 1.58. The van der Waals surface area contributed by atoms with E-state index < -0.39 is 12.2 Å². The van der Waals surface area contributed by atoms with Crippen molar-refractivity contribution in [3.63, 3.8) is 0 Å². The van der Waals surface area contributed by atoms with E-state index in [1.165, 1.54) is 0 Å². The summed E-state index contributed by atoms with van der Waals surface area (Å²) in [7, 11) is 0. The van der Waals surface area contributed by atoms with E-state index in [9.17, 15) is 10.2 Å². The molecule has 2 unspecified atom stereocenters. The molecule has 1 aromatic rings. The Kier molecular flexibility index (Phi) is 4.34. The molecule has 0 amide bonds. The molecule has 78 valence electrons. The standard InChI is InChI=1S/C7H7Cl3N2O2/c8-1-3(13)5(14)4-6(9)11-2-12-7(4)10/h2-3,5,13-14H,1H2. The highest BCUT2D eigenvalue weighted by atomic mass is 35.5. The maximum Gasteiger partial charge on any atom is 0.139 e. The van der Waals surface area contributed by atoms with Crippen LogP contribution in [0.3, 0.4) is 0 Å². The molecule has 2 atom stereocenters. The molecule has 0 radical (unpaired) electrons. The molecule has 0 aliphatic heterocycles. The molecule has 0 aliphatic rings. The molecule has 0 aliphatic carbocycles. The maximum atomic E-state index is 9.57. The summed E-state index contributed by atoms with van der Waals surface area (Å²) in [6.45, 7) is 0. The van der Waals surface area contributed by atoms with Crippen LogP contribution in [0.5, 0.6) is 0 Å². The van der Waals surface area contributed by atoms with Gasteiger partial charge in [-0.1, -0.05) is 23.2 Å². The summed E-state index contributed by atoms with van der Waals surface area (Å²) in [4.78, 5) is 7.27. The van der Waals surface area contributed by atoms with Crippen molar-refractivity contribution in [2.24, 2.45) is 0 Å². The second kappa shape index (κ2) is 5.09. The van der Waals surface area contributed by atoms with Crippen molar-refractivity contribution in [2.45, 2.75) is 12.2 Å².